The maximum Gasteiger partial charge on any atom is 0.416 e. The highest BCUT2D eigenvalue weighted by Crippen LogP contribution is 2.39. The minimum atomic E-state index is -5.11. The zero-order valence-electron chi connectivity index (χ0n) is 27.2. The summed E-state index contributed by atoms with van der Waals surface area (Å²) >= 11 is 0. The number of primary amides is 1. The first-order valence-corrected chi connectivity index (χ1v) is 15.4. The number of amides is 1. The predicted molar refractivity (Wildman–Crippen MR) is 161 cm³/mol. The van der Waals surface area contributed by atoms with E-state index in [0.717, 1.165) is 16.9 Å². The fourth-order valence-electron chi connectivity index (χ4n) is 6.51. The second-order valence-electron chi connectivity index (χ2n) is 12.4. The number of hydrogen-bond donors (Lipinski definition) is 1. The zero-order chi connectivity index (χ0) is 36.5. The van der Waals surface area contributed by atoms with Gasteiger partial charge in [0.05, 0.1) is 29.8 Å². The molecule has 49 heavy (non-hydrogen) atoms. The van der Waals surface area contributed by atoms with Crippen molar-refractivity contribution in [3.8, 4) is 0 Å². The minimum absolute atomic E-state index is 0.00146. The third-order valence-electron chi connectivity index (χ3n) is 8.69. The zero-order valence-corrected chi connectivity index (χ0v) is 27.2. The number of nitrogens with zero attached hydrogens (tertiary/aromatic N) is 7. The Hall–Kier alpha value is -3.93. The number of anilines is 1. The van der Waals surface area contributed by atoms with Gasteiger partial charge in [0.1, 0.15) is 0 Å². The van der Waals surface area contributed by atoms with Crippen molar-refractivity contribution in [1.82, 2.24) is 30.0 Å². The molecule has 0 radical (unpaired) electrons. The monoisotopic (exact) mass is 708 g/mol. The van der Waals surface area contributed by atoms with Crippen LogP contribution in [0.2, 0.25) is 0 Å². The highest BCUT2D eigenvalue weighted by Gasteiger charge is 2.38. The first kappa shape index (κ1) is 37.9. The summed E-state index contributed by atoms with van der Waals surface area (Å²) < 4.78 is 124. The van der Waals surface area contributed by atoms with Gasteiger partial charge in [-0.2, -0.15) is 44.3 Å². The van der Waals surface area contributed by atoms with E-state index in [2.05, 4.69) is 20.3 Å². The predicted octanol–water partition coefficient (Wildman–Crippen LogP) is 6.05. The number of hydrogen-bond acceptors (Lipinski definition) is 7. The van der Waals surface area contributed by atoms with Crippen LogP contribution in [0.3, 0.4) is 0 Å². The molecule has 2 aromatic carbocycles. The maximum absolute atomic E-state index is 14.0. The molecule has 2 atom stereocenters. The molecule has 270 valence electrons. The van der Waals surface area contributed by atoms with Gasteiger partial charge in [-0.25, -0.2) is 0 Å². The highest BCUT2D eigenvalue weighted by atomic mass is 19.4. The number of likely N-dealkylation sites (N-methyl/N-ethyl adjacent to an activating group) is 1. The van der Waals surface area contributed by atoms with Crippen LogP contribution in [0, 0.1) is 5.92 Å². The lowest BCUT2D eigenvalue weighted by molar-refractivity contribution is -0.143. The van der Waals surface area contributed by atoms with E-state index in [9.17, 15) is 44.3 Å². The lowest BCUT2D eigenvalue weighted by Crippen LogP contribution is -2.50. The number of halogens is 9. The number of rotatable bonds is 11. The Kier molecular flexibility index (Phi) is 11.2. The van der Waals surface area contributed by atoms with Gasteiger partial charge in [-0.15, -0.1) is 5.10 Å². The molecule has 2 N–H and O–H groups in total. The minimum Gasteiger partial charge on any atom is -0.368 e. The lowest BCUT2D eigenvalue weighted by Gasteiger charge is -2.41. The first-order valence-electron chi connectivity index (χ1n) is 15.4. The number of piperidine rings is 1. The SMILES string of the molecule is CCC(c1ccc(C(F)(F)F)cc1CN(Cc1cc(C(F)(F)F)cc(C(F)(F)F)c1)c1nnn(C)n1)N1CCC(C(C(N)=O)N(C)C)CC1. The molecule has 4 rings (SSSR count). The summed E-state index contributed by atoms with van der Waals surface area (Å²) in [6, 6.07) is 3.41. The number of benzene rings is 2. The molecule has 3 aromatic rings. The largest absolute Gasteiger partial charge is 0.416 e. The van der Waals surface area contributed by atoms with E-state index in [-0.39, 0.29) is 23.5 Å². The van der Waals surface area contributed by atoms with Crippen molar-refractivity contribution in [1.29, 1.82) is 0 Å². The standard InChI is InChI=1S/C31H37F9N8O/c1-5-25(47-10-8-19(9-11-47)26(27(41)49)45(2)3)24-7-6-21(29(32,33)34)14-20(24)17-48(28-42-44-46(4)43-28)16-18-12-22(30(35,36)37)15-23(13-18)31(38,39)40/h6-7,12-15,19,25-26H,5,8-11,16-17H2,1-4H3,(H2,41,49). The summed E-state index contributed by atoms with van der Waals surface area (Å²) in [5, 5.41) is 11.6. The van der Waals surface area contributed by atoms with Crippen LogP contribution in [0.4, 0.5) is 45.5 Å². The van der Waals surface area contributed by atoms with Gasteiger partial charge in [-0.05, 0) is 105 Å². The Bertz CT molecular complexity index is 1560. The smallest absolute Gasteiger partial charge is 0.368 e. The molecule has 0 spiro atoms. The average Bonchev–Trinajstić information content (AvgIpc) is 3.43. The Morgan fingerprint density at radius 1 is 0.898 bits per heavy atom. The van der Waals surface area contributed by atoms with E-state index in [4.69, 9.17) is 5.73 Å². The van der Waals surface area contributed by atoms with Gasteiger partial charge in [0, 0.05) is 19.1 Å². The normalized spacial score (nSPS) is 16.6. The molecule has 18 heteroatoms. The van der Waals surface area contributed by atoms with Crippen molar-refractivity contribution >= 4 is 11.9 Å². The number of aryl methyl sites for hydroxylation is 1. The number of tetrazole rings is 1. The van der Waals surface area contributed by atoms with Crippen LogP contribution in [0.5, 0.6) is 0 Å². The van der Waals surface area contributed by atoms with Gasteiger partial charge in [0.2, 0.25) is 5.91 Å². The van der Waals surface area contributed by atoms with Crippen LogP contribution in [-0.4, -0.2) is 69.1 Å². The van der Waals surface area contributed by atoms with Crippen molar-refractivity contribution in [3.05, 3.63) is 69.8 Å². The molecule has 1 amide bonds. The number of nitrogens with two attached hydrogens (primary N) is 1. The molecule has 1 aliphatic rings. The molecule has 0 aliphatic carbocycles. The van der Waals surface area contributed by atoms with Crippen LogP contribution in [0.25, 0.3) is 0 Å². The molecule has 2 heterocycles. The Morgan fingerprint density at radius 3 is 1.92 bits per heavy atom. The van der Waals surface area contributed by atoms with Gasteiger partial charge in [-0.3, -0.25) is 14.6 Å². The van der Waals surface area contributed by atoms with E-state index in [1.165, 1.54) is 18.0 Å². The average molecular weight is 709 g/mol. The molecular weight excluding hydrogens is 671 g/mol. The van der Waals surface area contributed by atoms with Gasteiger partial charge in [-0.1, -0.05) is 18.1 Å². The quantitative estimate of drug-likeness (QED) is 0.243. The van der Waals surface area contributed by atoms with Gasteiger partial charge < -0.3 is 10.6 Å². The van der Waals surface area contributed by atoms with Gasteiger partial charge in [0.15, 0.2) is 0 Å². The van der Waals surface area contributed by atoms with Crippen molar-refractivity contribution < 1.29 is 44.3 Å². The molecule has 1 aliphatic heterocycles. The topological polar surface area (TPSA) is 96.4 Å². The number of aromatic nitrogens is 4. The van der Waals surface area contributed by atoms with E-state index >= 15 is 0 Å². The molecule has 0 bridgehead atoms. The Morgan fingerprint density at radius 2 is 1.47 bits per heavy atom. The molecule has 2 unspecified atom stereocenters. The Labute approximate surface area is 276 Å². The van der Waals surface area contributed by atoms with E-state index < -0.39 is 71.9 Å². The van der Waals surface area contributed by atoms with Crippen LogP contribution < -0.4 is 10.6 Å². The summed E-state index contributed by atoms with van der Waals surface area (Å²) in [6.45, 7) is 1.84. The second kappa shape index (κ2) is 14.5. The number of carbonyl (C=O) groups is 1. The molecule has 1 saturated heterocycles. The summed E-state index contributed by atoms with van der Waals surface area (Å²) in [5.74, 6) is -0.714. The van der Waals surface area contributed by atoms with Crippen LogP contribution in [0.1, 0.15) is 65.6 Å². The van der Waals surface area contributed by atoms with E-state index in [1.54, 1.807) is 19.0 Å². The summed E-state index contributed by atoms with van der Waals surface area (Å²) in [6.07, 6.45) is -13.3. The van der Waals surface area contributed by atoms with Crippen LogP contribution >= 0.6 is 0 Å². The summed E-state index contributed by atoms with van der Waals surface area (Å²) in [7, 11) is 4.89. The maximum atomic E-state index is 14.0. The van der Waals surface area contributed by atoms with Crippen molar-refractivity contribution in [3.63, 3.8) is 0 Å². The summed E-state index contributed by atoms with van der Waals surface area (Å²) in [4.78, 5) is 18.2. The van der Waals surface area contributed by atoms with Crippen molar-refractivity contribution in [2.45, 2.75) is 69.9 Å². The van der Waals surface area contributed by atoms with Crippen molar-refractivity contribution in [2.75, 3.05) is 32.1 Å². The molecule has 1 fully saturated rings. The second-order valence-corrected chi connectivity index (χ2v) is 12.4. The summed E-state index contributed by atoms with van der Waals surface area (Å²) in [5.41, 5.74) is 1.78. The van der Waals surface area contributed by atoms with E-state index in [0.29, 0.717) is 50.0 Å². The van der Waals surface area contributed by atoms with E-state index in [1.807, 2.05) is 6.92 Å². The fourth-order valence-corrected chi connectivity index (χ4v) is 6.51. The van der Waals surface area contributed by atoms with Gasteiger partial charge in [0.25, 0.3) is 5.95 Å². The number of carbonyl (C=O) groups excluding carboxylic acids is 1. The fraction of sp³-hybridized carbons (Fsp3) is 0.548. The van der Waals surface area contributed by atoms with Gasteiger partial charge >= 0.3 is 18.5 Å². The third kappa shape index (κ3) is 9.20. The Balaban J connectivity index is 1.75. The lowest BCUT2D eigenvalue weighted by atomic mass is 9.86. The third-order valence-corrected chi connectivity index (χ3v) is 8.69. The van der Waals surface area contributed by atoms with Crippen LogP contribution in [0.15, 0.2) is 36.4 Å². The first-order chi connectivity index (χ1) is 22.7. The number of likely N-dealkylation sites (tertiary alicyclic amines) is 1. The highest BCUT2D eigenvalue weighted by molar-refractivity contribution is 5.80. The van der Waals surface area contributed by atoms with Crippen LogP contribution in [-0.2, 0) is 43.5 Å². The number of alkyl halides is 9. The van der Waals surface area contributed by atoms with Crippen molar-refractivity contribution in [2.24, 2.45) is 18.7 Å². The molecular formula is C31H37F9N8O. The molecule has 0 saturated carbocycles. The molecule has 1 aromatic heterocycles. The molecule has 9 nitrogen and oxygen atoms in total.